The van der Waals surface area contributed by atoms with Gasteiger partial charge in [-0.3, -0.25) is 4.68 Å². The summed E-state index contributed by atoms with van der Waals surface area (Å²) in [4.78, 5) is 12.2. The lowest BCUT2D eigenvalue weighted by Crippen LogP contribution is -2.14. The molecule has 23 heavy (non-hydrogen) atoms. The van der Waals surface area contributed by atoms with E-state index < -0.39 is 5.97 Å². The topological polar surface area (TPSA) is 70.1 Å². The molecule has 0 unspecified atom stereocenters. The molecule has 0 spiro atoms. The third-order valence-corrected chi connectivity index (χ3v) is 3.61. The predicted octanol–water partition coefficient (Wildman–Crippen LogP) is 2.31. The van der Waals surface area contributed by atoms with Crippen molar-refractivity contribution in [1.82, 2.24) is 9.78 Å². The van der Waals surface area contributed by atoms with Gasteiger partial charge in [0.1, 0.15) is 5.82 Å². The van der Waals surface area contributed by atoms with Gasteiger partial charge in [-0.1, -0.05) is 19.1 Å². The summed E-state index contributed by atoms with van der Waals surface area (Å²) < 4.78 is 20.0. The molecule has 0 aliphatic rings. The Morgan fingerprint density at radius 3 is 2.57 bits per heavy atom. The van der Waals surface area contributed by atoms with Gasteiger partial charge >= 0.3 is 5.97 Å². The highest BCUT2D eigenvalue weighted by molar-refractivity contribution is 5.89. The lowest BCUT2D eigenvalue weighted by atomic mass is 10.0. The second-order valence-corrected chi connectivity index (χ2v) is 5.16. The first-order chi connectivity index (χ1) is 11.1. The Labute approximate surface area is 135 Å². The summed E-state index contributed by atoms with van der Waals surface area (Å²) in [5, 5.41) is 4.39. The van der Waals surface area contributed by atoms with Crippen molar-refractivity contribution in [3.63, 3.8) is 0 Å². The molecular formula is C17H22FN3O2. The van der Waals surface area contributed by atoms with Crippen LogP contribution in [0.3, 0.4) is 0 Å². The van der Waals surface area contributed by atoms with E-state index in [0.717, 1.165) is 23.2 Å². The van der Waals surface area contributed by atoms with E-state index in [1.165, 1.54) is 12.1 Å². The lowest BCUT2D eigenvalue weighted by molar-refractivity contribution is 0.0517. The van der Waals surface area contributed by atoms with Gasteiger partial charge in [0, 0.05) is 24.2 Å². The Bertz CT molecular complexity index is 665. The molecule has 0 saturated heterocycles. The van der Waals surface area contributed by atoms with E-state index in [4.69, 9.17) is 10.5 Å². The van der Waals surface area contributed by atoms with Crippen LogP contribution in [-0.2, 0) is 24.1 Å². The third kappa shape index (κ3) is 3.96. The third-order valence-electron chi connectivity index (χ3n) is 3.61. The zero-order chi connectivity index (χ0) is 16.8. The van der Waals surface area contributed by atoms with Gasteiger partial charge in [-0.2, -0.15) is 5.10 Å². The number of benzene rings is 1. The summed E-state index contributed by atoms with van der Waals surface area (Å²) in [5.74, 6) is -0.719. The van der Waals surface area contributed by atoms with Crippen LogP contribution in [0.4, 0.5) is 4.39 Å². The average Bonchev–Trinajstić information content (AvgIpc) is 2.87. The van der Waals surface area contributed by atoms with E-state index in [2.05, 4.69) is 5.10 Å². The SMILES string of the molecule is CCOC(=O)c1nn(CCN)c(CC)c1Cc1ccc(F)cc1. The number of halogens is 1. The van der Waals surface area contributed by atoms with Crippen LogP contribution < -0.4 is 5.73 Å². The summed E-state index contributed by atoms with van der Waals surface area (Å²) in [5.41, 5.74) is 8.65. The van der Waals surface area contributed by atoms with Crippen molar-refractivity contribution < 1.29 is 13.9 Å². The summed E-state index contributed by atoms with van der Waals surface area (Å²) >= 11 is 0. The molecule has 1 aromatic heterocycles. The first-order valence-electron chi connectivity index (χ1n) is 7.80. The molecule has 2 aromatic rings. The van der Waals surface area contributed by atoms with Crippen molar-refractivity contribution in [1.29, 1.82) is 0 Å². The van der Waals surface area contributed by atoms with Crippen LogP contribution in [0.1, 0.15) is 41.2 Å². The Balaban J connectivity index is 2.44. The zero-order valence-corrected chi connectivity index (χ0v) is 13.5. The van der Waals surface area contributed by atoms with Gasteiger partial charge in [-0.05, 0) is 31.0 Å². The molecule has 0 atom stereocenters. The predicted molar refractivity (Wildman–Crippen MR) is 85.8 cm³/mol. The number of ether oxygens (including phenoxy) is 1. The number of carbonyl (C=O) groups is 1. The lowest BCUT2D eigenvalue weighted by Gasteiger charge is -2.07. The van der Waals surface area contributed by atoms with E-state index in [1.807, 2.05) is 6.92 Å². The molecule has 6 heteroatoms. The van der Waals surface area contributed by atoms with Crippen LogP contribution in [-0.4, -0.2) is 28.9 Å². The van der Waals surface area contributed by atoms with Crippen LogP contribution in [0.2, 0.25) is 0 Å². The minimum Gasteiger partial charge on any atom is -0.461 e. The molecule has 124 valence electrons. The van der Waals surface area contributed by atoms with Crippen LogP contribution in [0, 0.1) is 5.82 Å². The van der Waals surface area contributed by atoms with Gasteiger partial charge in [-0.15, -0.1) is 0 Å². The summed E-state index contributed by atoms with van der Waals surface area (Å²) in [6.45, 7) is 5.04. The monoisotopic (exact) mass is 319 g/mol. The molecule has 5 nitrogen and oxygen atoms in total. The maximum absolute atomic E-state index is 13.1. The quantitative estimate of drug-likeness (QED) is 0.795. The molecule has 1 heterocycles. The van der Waals surface area contributed by atoms with Crippen molar-refractivity contribution in [3.05, 3.63) is 52.6 Å². The molecule has 1 aromatic carbocycles. The first kappa shape index (κ1) is 17.1. The Morgan fingerprint density at radius 2 is 2.00 bits per heavy atom. The highest BCUT2D eigenvalue weighted by Crippen LogP contribution is 2.21. The molecule has 0 radical (unpaired) electrons. The molecule has 0 fully saturated rings. The molecular weight excluding hydrogens is 297 g/mol. The van der Waals surface area contributed by atoms with E-state index in [9.17, 15) is 9.18 Å². The summed E-state index contributed by atoms with van der Waals surface area (Å²) in [6, 6.07) is 6.25. The minimum absolute atomic E-state index is 0.283. The maximum Gasteiger partial charge on any atom is 0.359 e. The summed E-state index contributed by atoms with van der Waals surface area (Å²) in [6.07, 6.45) is 1.23. The average molecular weight is 319 g/mol. The number of carbonyl (C=O) groups excluding carboxylic acids is 1. The highest BCUT2D eigenvalue weighted by Gasteiger charge is 2.23. The number of hydrogen-bond donors (Lipinski definition) is 1. The van der Waals surface area contributed by atoms with Crippen LogP contribution in [0.25, 0.3) is 0 Å². The fourth-order valence-corrected chi connectivity index (χ4v) is 2.59. The number of rotatable bonds is 7. The first-order valence-corrected chi connectivity index (χ1v) is 7.80. The van der Waals surface area contributed by atoms with E-state index in [-0.39, 0.29) is 5.82 Å². The second-order valence-electron chi connectivity index (χ2n) is 5.16. The Morgan fingerprint density at radius 1 is 1.30 bits per heavy atom. The smallest absolute Gasteiger partial charge is 0.359 e. The summed E-state index contributed by atoms with van der Waals surface area (Å²) in [7, 11) is 0. The molecule has 0 amide bonds. The fourth-order valence-electron chi connectivity index (χ4n) is 2.59. The van der Waals surface area contributed by atoms with E-state index >= 15 is 0 Å². The van der Waals surface area contributed by atoms with Gasteiger partial charge in [0.05, 0.1) is 13.2 Å². The van der Waals surface area contributed by atoms with Gasteiger partial charge in [-0.25, -0.2) is 9.18 Å². The number of esters is 1. The molecule has 0 saturated carbocycles. The largest absolute Gasteiger partial charge is 0.461 e. The Kier molecular flexibility index (Phi) is 5.87. The van der Waals surface area contributed by atoms with Gasteiger partial charge in [0.25, 0.3) is 0 Å². The Hall–Kier alpha value is -2.21. The normalized spacial score (nSPS) is 10.8. The number of hydrogen-bond acceptors (Lipinski definition) is 4. The molecule has 2 N–H and O–H groups in total. The minimum atomic E-state index is -0.435. The standard InChI is InChI=1S/C17H22FN3O2/c1-3-15-14(11-12-5-7-13(18)8-6-12)16(17(22)23-4-2)20-21(15)10-9-19/h5-8H,3-4,9-11,19H2,1-2H3. The fraction of sp³-hybridized carbons (Fsp3) is 0.412. The van der Waals surface area contributed by atoms with E-state index in [1.54, 1.807) is 23.7 Å². The van der Waals surface area contributed by atoms with Crippen molar-refractivity contribution >= 4 is 5.97 Å². The number of aromatic nitrogens is 2. The molecule has 0 bridgehead atoms. The van der Waals surface area contributed by atoms with Crippen LogP contribution in [0.5, 0.6) is 0 Å². The van der Waals surface area contributed by atoms with Crippen LogP contribution in [0.15, 0.2) is 24.3 Å². The number of nitrogens with zero attached hydrogens (tertiary/aromatic N) is 2. The zero-order valence-electron chi connectivity index (χ0n) is 13.5. The molecule has 0 aliphatic heterocycles. The second kappa shape index (κ2) is 7.87. The maximum atomic E-state index is 13.1. The molecule has 2 rings (SSSR count). The highest BCUT2D eigenvalue weighted by atomic mass is 19.1. The van der Waals surface area contributed by atoms with Crippen LogP contribution >= 0.6 is 0 Å². The van der Waals surface area contributed by atoms with E-state index in [0.29, 0.717) is 31.8 Å². The van der Waals surface area contributed by atoms with Gasteiger partial charge in [0.15, 0.2) is 5.69 Å². The van der Waals surface area contributed by atoms with Gasteiger partial charge in [0.2, 0.25) is 0 Å². The van der Waals surface area contributed by atoms with Crippen molar-refractivity contribution in [3.8, 4) is 0 Å². The number of nitrogens with two attached hydrogens (primary N) is 1. The van der Waals surface area contributed by atoms with Crippen molar-refractivity contribution in [2.24, 2.45) is 5.73 Å². The van der Waals surface area contributed by atoms with Gasteiger partial charge < -0.3 is 10.5 Å². The van der Waals surface area contributed by atoms with Crippen molar-refractivity contribution in [2.45, 2.75) is 33.2 Å². The molecule has 0 aliphatic carbocycles. The van der Waals surface area contributed by atoms with Crippen molar-refractivity contribution in [2.75, 3.05) is 13.2 Å².